The molecule has 0 radical (unpaired) electrons. The Bertz CT molecular complexity index is 415. The van der Waals surface area contributed by atoms with E-state index in [1.807, 2.05) is 0 Å². The van der Waals surface area contributed by atoms with Crippen molar-refractivity contribution in [3.63, 3.8) is 0 Å². The third-order valence-electron chi connectivity index (χ3n) is 6.89. The molecule has 0 aromatic heterocycles. The van der Waals surface area contributed by atoms with Crippen LogP contribution in [-0.4, -0.2) is 39.0 Å². The van der Waals surface area contributed by atoms with E-state index in [4.69, 9.17) is 0 Å². The third kappa shape index (κ3) is 2.69. The smallest absolute Gasteiger partial charge is 0.321 e. The molecule has 1 unspecified atom stereocenters. The van der Waals surface area contributed by atoms with Gasteiger partial charge in [0, 0.05) is 0 Å². The number of rotatable bonds is 8. The molecule has 134 valence electrons. The highest BCUT2D eigenvalue weighted by molar-refractivity contribution is 7.02. The molecule has 1 atom stereocenters. The fourth-order valence-corrected chi connectivity index (χ4v) is 21.3. The molecule has 1 saturated heterocycles. The number of hydrogen-bond acceptors (Lipinski definition) is 2. The van der Waals surface area contributed by atoms with Gasteiger partial charge >= 0.3 is 6.03 Å². The summed E-state index contributed by atoms with van der Waals surface area (Å²) >= 11 is 0. The van der Waals surface area contributed by atoms with Crippen LogP contribution in [0.25, 0.3) is 0 Å². The van der Waals surface area contributed by atoms with Gasteiger partial charge in [-0.15, -0.1) is 0 Å². The maximum Gasteiger partial charge on any atom is 0.321 e. The third-order valence-corrected chi connectivity index (χ3v) is 22.3. The first-order valence-corrected chi connectivity index (χ1v) is 14.3. The average molecular weight is 361 g/mol. The summed E-state index contributed by atoms with van der Waals surface area (Å²) in [6.07, 6.45) is -1.61. The van der Waals surface area contributed by atoms with Gasteiger partial charge in [-0.25, -0.2) is 9.18 Å². The molecule has 0 bridgehead atoms. The predicted octanol–water partition coefficient (Wildman–Crippen LogP) is 4.00. The second-order valence-corrected chi connectivity index (χ2v) is 18.2. The highest BCUT2D eigenvalue weighted by Gasteiger charge is 2.68. The quantitative estimate of drug-likeness (QED) is 0.643. The first-order valence-electron chi connectivity index (χ1n) is 9.07. The van der Waals surface area contributed by atoms with Crippen molar-refractivity contribution in [1.82, 2.24) is 10.6 Å². The van der Waals surface area contributed by atoms with Crippen LogP contribution in [0.3, 0.4) is 0 Å². The van der Waals surface area contributed by atoms with E-state index in [0.717, 1.165) is 36.3 Å². The van der Waals surface area contributed by atoms with Gasteiger partial charge in [-0.2, -0.15) is 0 Å². The van der Waals surface area contributed by atoms with Crippen LogP contribution in [0.2, 0.25) is 36.3 Å². The van der Waals surface area contributed by atoms with Crippen LogP contribution in [0.4, 0.5) is 9.18 Å². The predicted molar refractivity (Wildman–Crippen MR) is 98.7 cm³/mol. The lowest BCUT2D eigenvalue weighted by Crippen LogP contribution is -2.87. The lowest BCUT2D eigenvalue weighted by Gasteiger charge is -2.60. The maximum atomic E-state index is 15.6. The number of nitrogens with one attached hydrogen (secondary N) is 2. The molecule has 0 saturated carbocycles. The molecule has 7 heteroatoms. The zero-order valence-corrected chi connectivity index (χ0v) is 17.5. The lowest BCUT2D eigenvalue weighted by molar-refractivity contribution is -0.126. The Morgan fingerprint density at radius 3 is 1.52 bits per heavy atom. The first-order chi connectivity index (χ1) is 10.8. The largest absolute Gasteiger partial charge is 0.334 e. The van der Waals surface area contributed by atoms with E-state index < -0.39 is 39.0 Å². The van der Waals surface area contributed by atoms with Crippen molar-refractivity contribution in [1.29, 1.82) is 0 Å². The summed E-state index contributed by atoms with van der Waals surface area (Å²) in [5.41, 5.74) is 0. The van der Waals surface area contributed by atoms with Crippen LogP contribution in [0.15, 0.2) is 0 Å². The summed E-state index contributed by atoms with van der Waals surface area (Å²) < 4.78 is 15.6. The molecule has 0 aromatic carbocycles. The van der Waals surface area contributed by atoms with Crippen molar-refractivity contribution >= 4 is 28.1 Å². The Balaban J connectivity index is 3.78. The number of halogens is 1. The SMILES string of the molecule is CC[Si](CC)(CC)C1([Si](CC)(CC)CC)NC(=O)NC(=O)C1F. The highest BCUT2D eigenvalue weighted by Crippen LogP contribution is 2.47. The molecule has 1 rings (SSSR count). The topological polar surface area (TPSA) is 58.2 Å². The van der Waals surface area contributed by atoms with E-state index in [0.29, 0.717) is 0 Å². The Morgan fingerprint density at radius 2 is 1.22 bits per heavy atom. The van der Waals surface area contributed by atoms with Crippen molar-refractivity contribution in [3.8, 4) is 0 Å². The van der Waals surface area contributed by atoms with Crippen molar-refractivity contribution in [3.05, 3.63) is 0 Å². The minimum Gasteiger partial charge on any atom is -0.334 e. The van der Waals surface area contributed by atoms with Crippen LogP contribution in [0.5, 0.6) is 0 Å². The van der Waals surface area contributed by atoms with E-state index in [1.54, 1.807) is 0 Å². The Kier molecular flexibility index (Phi) is 6.60. The molecule has 1 aliphatic rings. The number of urea groups is 1. The van der Waals surface area contributed by atoms with Crippen LogP contribution in [-0.2, 0) is 4.79 Å². The molecule has 23 heavy (non-hydrogen) atoms. The van der Waals surface area contributed by atoms with E-state index in [9.17, 15) is 9.59 Å². The first kappa shape index (κ1) is 20.3. The van der Waals surface area contributed by atoms with Crippen LogP contribution >= 0.6 is 0 Å². The monoisotopic (exact) mass is 360 g/mol. The number of hydrogen-bond donors (Lipinski definition) is 2. The van der Waals surface area contributed by atoms with E-state index in [2.05, 4.69) is 52.2 Å². The molecule has 4 nitrogen and oxygen atoms in total. The molecule has 3 amide bonds. The van der Waals surface area contributed by atoms with E-state index >= 15 is 4.39 Å². The van der Waals surface area contributed by atoms with E-state index in [1.165, 1.54) is 0 Å². The normalized spacial score (nSPS) is 21.8. The van der Waals surface area contributed by atoms with Gasteiger partial charge < -0.3 is 5.32 Å². The zero-order chi connectivity index (χ0) is 17.9. The molecule has 1 heterocycles. The van der Waals surface area contributed by atoms with Crippen molar-refractivity contribution in [2.24, 2.45) is 0 Å². The van der Waals surface area contributed by atoms with Gasteiger partial charge in [0.1, 0.15) is 0 Å². The summed E-state index contributed by atoms with van der Waals surface area (Å²) in [5.74, 6) is -0.729. The molecule has 1 fully saturated rings. The lowest BCUT2D eigenvalue weighted by atomic mass is 10.3. The van der Waals surface area contributed by atoms with Crippen LogP contribution in [0, 0.1) is 0 Å². The van der Waals surface area contributed by atoms with Crippen molar-refractivity contribution < 1.29 is 14.0 Å². The molecule has 0 spiro atoms. The van der Waals surface area contributed by atoms with Crippen LogP contribution in [0.1, 0.15) is 41.5 Å². The Labute approximate surface area is 142 Å². The summed E-state index contributed by atoms with van der Waals surface area (Å²) in [6.45, 7) is 12.7. The highest BCUT2D eigenvalue weighted by atomic mass is 28.4. The number of amides is 3. The molecule has 2 N–H and O–H groups in total. The molecule has 0 aliphatic carbocycles. The van der Waals surface area contributed by atoms with Gasteiger partial charge in [-0.05, 0) is 0 Å². The minimum atomic E-state index is -2.22. The van der Waals surface area contributed by atoms with Crippen molar-refractivity contribution in [2.45, 2.75) is 88.8 Å². The van der Waals surface area contributed by atoms with Gasteiger partial charge in [0.2, 0.25) is 0 Å². The fraction of sp³-hybridized carbons (Fsp3) is 0.875. The second kappa shape index (κ2) is 7.46. The molecule has 1 aliphatic heterocycles. The number of alkyl halides is 1. The molecular weight excluding hydrogens is 327 g/mol. The molecular formula is C16H33FN2O2Si2. The van der Waals surface area contributed by atoms with Gasteiger partial charge in [0.15, 0.2) is 6.17 Å². The zero-order valence-electron chi connectivity index (χ0n) is 15.5. The van der Waals surface area contributed by atoms with Gasteiger partial charge in [-0.3, -0.25) is 10.1 Å². The standard InChI is InChI=1S/C16H33FN2O2Si2/c1-7-22(8-2,9-3)16(23(10-4,11-5)12-6)13(17)14(20)18-15(21)19-16/h13H,7-12H2,1-6H3,(H2,18,19,20,21). The summed E-state index contributed by atoms with van der Waals surface area (Å²) in [7, 11) is -4.44. The fourth-order valence-electron chi connectivity index (χ4n) is 5.18. The Hall–Kier alpha value is -0.696. The maximum absolute atomic E-state index is 15.6. The van der Waals surface area contributed by atoms with Gasteiger partial charge in [-0.1, -0.05) is 77.8 Å². The van der Waals surface area contributed by atoms with Crippen molar-refractivity contribution in [2.75, 3.05) is 0 Å². The number of carbonyl (C=O) groups excluding carboxylic acids is 2. The number of imide groups is 1. The van der Waals surface area contributed by atoms with Gasteiger partial charge in [0.25, 0.3) is 5.91 Å². The summed E-state index contributed by atoms with van der Waals surface area (Å²) in [6, 6.07) is 4.85. The summed E-state index contributed by atoms with van der Waals surface area (Å²) in [5, 5.41) is 5.23. The minimum absolute atomic E-state index is 0.497. The summed E-state index contributed by atoms with van der Waals surface area (Å²) in [4.78, 5) is 23.7. The second-order valence-electron chi connectivity index (χ2n) is 6.80. The number of carbonyl (C=O) groups is 2. The van der Waals surface area contributed by atoms with E-state index in [-0.39, 0.29) is 0 Å². The van der Waals surface area contributed by atoms with Gasteiger partial charge in [0.05, 0.1) is 20.9 Å². The Morgan fingerprint density at radius 1 is 0.870 bits per heavy atom. The van der Waals surface area contributed by atoms with Crippen LogP contribution < -0.4 is 10.6 Å². The average Bonchev–Trinajstić information content (AvgIpc) is 2.56. The molecule has 0 aromatic rings.